The molecule has 10 heteroatoms. The number of rotatable bonds is 7. The number of anilines is 1. The van der Waals surface area contributed by atoms with Gasteiger partial charge in [0.05, 0.1) is 17.6 Å². The molecule has 0 spiro atoms. The molecule has 5 aromatic rings. The predicted molar refractivity (Wildman–Crippen MR) is 175 cm³/mol. The van der Waals surface area contributed by atoms with Crippen LogP contribution in [0.5, 0.6) is 11.5 Å². The van der Waals surface area contributed by atoms with E-state index in [2.05, 4.69) is 39.1 Å². The Morgan fingerprint density at radius 1 is 0.889 bits per heavy atom. The van der Waals surface area contributed by atoms with Gasteiger partial charge in [0.15, 0.2) is 11.5 Å². The number of ether oxygens (including phenoxy) is 1. The van der Waals surface area contributed by atoms with E-state index in [-0.39, 0.29) is 11.9 Å². The lowest BCUT2D eigenvalue weighted by molar-refractivity contribution is 0.0675. The standard InChI is InChI=1S/C35H38N8O2/c1-40-18-20-41(21-19-40)23-25-9-11-27(12-10-25)35(44)42-17-5-6-28(24-42)43-34-31(22-37-43)32(36)38-33(39-34)26-13-15-30(16-14-26)45-29-7-3-2-4-8-29/h2-4,7-16,22,28H,5-6,17-21,23-24H2,1H3,(H2,36,38,39)/t28-/m1/s1. The molecule has 0 aliphatic carbocycles. The first-order valence-corrected chi connectivity index (χ1v) is 15.6. The van der Waals surface area contributed by atoms with Crippen molar-refractivity contribution in [3.8, 4) is 22.9 Å². The fourth-order valence-corrected chi connectivity index (χ4v) is 6.18. The molecule has 2 N–H and O–H groups in total. The molecule has 230 valence electrons. The van der Waals surface area contributed by atoms with E-state index in [1.165, 1.54) is 5.56 Å². The van der Waals surface area contributed by atoms with Crippen molar-refractivity contribution in [3.63, 3.8) is 0 Å². The van der Waals surface area contributed by atoms with Crippen LogP contribution in [-0.4, -0.2) is 86.7 Å². The summed E-state index contributed by atoms with van der Waals surface area (Å²) in [5, 5.41) is 5.39. The Balaban J connectivity index is 1.05. The van der Waals surface area contributed by atoms with Crippen LogP contribution in [0.2, 0.25) is 0 Å². The van der Waals surface area contributed by atoms with Crippen LogP contribution in [0.15, 0.2) is 85.1 Å². The Kier molecular flexibility index (Phi) is 8.15. The van der Waals surface area contributed by atoms with Gasteiger partial charge >= 0.3 is 0 Å². The summed E-state index contributed by atoms with van der Waals surface area (Å²) in [7, 11) is 2.17. The molecule has 2 aliphatic rings. The Morgan fingerprint density at radius 3 is 2.38 bits per heavy atom. The molecule has 2 aromatic heterocycles. The lowest BCUT2D eigenvalue weighted by atomic mass is 10.0. The molecule has 0 bridgehead atoms. The van der Waals surface area contributed by atoms with Crippen LogP contribution in [0.3, 0.4) is 0 Å². The first kappa shape index (κ1) is 28.9. The number of piperazine rings is 1. The topological polar surface area (TPSA) is 106 Å². The highest BCUT2D eigenvalue weighted by Gasteiger charge is 2.28. The summed E-state index contributed by atoms with van der Waals surface area (Å²) in [6.07, 6.45) is 3.51. The molecule has 7 rings (SSSR count). The van der Waals surface area contributed by atoms with Crippen molar-refractivity contribution in [2.24, 2.45) is 0 Å². The van der Waals surface area contributed by atoms with Crippen molar-refractivity contribution in [2.45, 2.75) is 25.4 Å². The Hall–Kier alpha value is -4.80. The largest absolute Gasteiger partial charge is 0.457 e. The normalized spacial score (nSPS) is 17.9. The monoisotopic (exact) mass is 602 g/mol. The minimum atomic E-state index is -0.0134. The first-order valence-electron chi connectivity index (χ1n) is 15.6. The molecular formula is C35H38N8O2. The third kappa shape index (κ3) is 6.38. The minimum Gasteiger partial charge on any atom is -0.457 e. The quantitative estimate of drug-likeness (QED) is 0.275. The summed E-state index contributed by atoms with van der Waals surface area (Å²) in [4.78, 5) is 29.8. The van der Waals surface area contributed by atoms with E-state index in [1.54, 1.807) is 6.20 Å². The van der Waals surface area contributed by atoms with Crippen LogP contribution < -0.4 is 10.5 Å². The highest BCUT2D eigenvalue weighted by molar-refractivity contribution is 5.94. The first-order chi connectivity index (χ1) is 22.0. The molecule has 10 nitrogen and oxygen atoms in total. The maximum Gasteiger partial charge on any atom is 0.253 e. The van der Waals surface area contributed by atoms with E-state index in [9.17, 15) is 4.79 Å². The van der Waals surface area contributed by atoms with Gasteiger partial charge in [0.2, 0.25) is 0 Å². The Labute approximate surface area is 263 Å². The smallest absolute Gasteiger partial charge is 0.253 e. The van der Waals surface area contributed by atoms with Crippen molar-refractivity contribution < 1.29 is 9.53 Å². The summed E-state index contributed by atoms with van der Waals surface area (Å²) >= 11 is 0. The highest BCUT2D eigenvalue weighted by atomic mass is 16.5. The van der Waals surface area contributed by atoms with Gasteiger partial charge in [0.1, 0.15) is 17.3 Å². The van der Waals surface area contributed by atoms with Crippen molar-refractivity contribution in [2.75, 3.05) is 52.0 Å². The molecule has 0 saturated carbocycles. The number of carbonyl (C=O) groups excluding carboxylic acids is 1. The van der Waals surface area contributed by atoms with Gasteiger partial charge in [-0.05, 0) is 74.0 Å². The molecule has 45 heavy (non-hydrogen) atoms. The number of amides is 1. The number of hydrogen-bond acceptors (Lipinski definition) is 8. The summed E-state index contributed by atoms with van der Waals surface area (Å²) in [5.74, 6) is 2.45. The highest BCUT2D eigenvalue weighted by Crippen LogP contribution is 2.30. The molecule has 2 saturated heterocycles. The van der Waals surface area contributed by atoms with E-state index in [4.69, 9.17) is 15.5 Å². The lowest BCUT2D eigenvalue weighted by Gasteiger charge is -2.33. The zero-order chi connectivity index (χ0) is 30.8. The van der Waals surface area contributed by atoms with Gasteiger partial charge < -0.3 is 20.3 Å². The second kappa shape index (κ2) is 12.7. The van der Waals surface area contributed by atoms with Gasteiger partial charge in [-0.1, -0.05) is 30.3 Å². The number of nitrogens with two attached hydrogens (primary N) is 1. The summed E-state index contributed by atoms with van der Waals surface area (Å²) in [6, 6.07) is 25.4. The number of hydrogen-bond donors (Lipinski definition) is 1. The molecule has 1 atom stereocenters. The van der Waals surface area contributed by atoms with Gasteiger partial charge in [-0.15, -0.1) is 0 Å². The fraction of sp³-hybridized carbons (Fsp3) is 0.314. The van der Waals surface area contributed by atoms with E-state index < -0.39 is 0 Å². The number of aromatic nitrogens is 4. The van der Waals surface area contributed by atoms with Gasteiger partial charge in [-0.25, -0.2) is 14.6 Å². The van der Waals surface area contributed by atoms with Crippen LogP contribution in [0, 0.1) is 0 Å². The second-order valence-corrected chi connectivity index (χ2v) is 12.0. The van der Waals surface area contributed by atoms with Crippen molar-refractivity contribution in [3.05, 3.63) is 96.2 Å². The number of benzene rings is 3. The molecule has 0 unspecified atom stereocenters. The number of carbonyl (C=O) groups is 1. The average molecular weight is 603 g/mol. The molecule has 1 amide bonds. The number of likely N-dealkylation sites (tertiary alicyclic amines) is 1. The maximum atomic E-state index is 13.6. The van der Waals surface area contributed by atoms with Crippen LogP contribution in [-0.2, 0) is 6.54 Å². The predicted octanol–water partition coefficient (Wildman–Crippen LogP) is 5.09. The number of likely N-dealkylation sites (N-methyl/N-ethyl adjacent to an activating group) is 1. The zero-order valence-electron chi connectivity index (χ0n) is 25.5. The van der Waals surface area contributed by atoms with Gasteiger partial charge in [-0.3, -0.25) is 9.69 Å². The average Bonchev–Trinajstić information content (AvgIpc) is 3.52. The van der Waals surface area contributed by atoms with Crippen LogP contribution in [0.4, 0.5) is 5.82 Å². The fourth-order valence-electron chi connectivity index (χ4n) is 6.18. The van der Waals surface area contributed by atoms with Crippen LogP contribution >= 0.6 is 0 Å². The Morgan fingerprint density at radius 2 is 1.62 bits per heavy atom. The van der Waals surface area contributed by atoms with E-state index in [1.807, 2.05) is 76.3 Å². The molecule has 2 fully saturated rings. The van der Waals surface area contributed by atoms with Crippen molar-refractivity contribution in [1.29, 1.82) is 0 Å². The zero-order valence-corrected chi connectivity index (χ0v) is 25.5. The van der Waals surface area contributed by atoms with Crippen molar-refractivity contribution in [1.82, 2.24) is 34.4 Å². The SMILES string of the molecule is CN1CCN(Cc2ccc(C(=O)N3CCC[C@@H](n4ncc5c(N)nc(-c6ccc(Oc7ccccc7)cc6)nc54)C3)cc2)CC1. The van der Waals surface area contributed by atoms with E-state index >= 15 is 0 Å². The molecule has 2 aliphatic heterocycles. The number of nitrogen functional groups attached to an aromatic ring is 1. The molecule has 4 heterocycles. The van der Waals surface area contributed by atoms with Crippen LogP contribution in [0.1, 0.15) is 34.8 Å². The van der Waals surface area contributed by atoms with Gasteiger partial charge in [0.25, 0.3) is 5.91 Å². The number of piperidine rings is 1. The van der Waals surface area contributed by atoms with Crippen molar-refractivity contribution >= 4 is 22.8 Å². The number of fused-ring (bicyclic) bond motifs is 1. The summed E-state index contributed by atoms with van der Waals surface area (Å²) < 4.78 is 7.85. The maximum absolute atomic E-state index is 13.6. The summed E-state index contributed by atoms with van der Waals surface area (Å²) in [5.41, 5.74) is 9.86. The molecule has 3 aromatic carbocycles. The lowest BCUT2D eigenvalue weighted by Crippen LogP contribution is -2.43. The van der Waals surface area contributed by atoms with E-state index in [0.29, 0.717) is 29.2 Å². The molecular weight excluding hydrogens is 564 g/mol. The third-order valence-electron chi connectivity index (χ3n) is 8.81. The summed E-state index contributed by atoms with van der Waals surface area (Å²) in [6.45, 7) is 6.52. The van der Waals surface area contributed by atoms with Gasteiger partial charge in [0, 0.05) is 56.9 Å². The third-order valence-corrected chi connectivity index (χ3v) is 8.81. The second-order valence-electron chi connectivity index (χ2n) is 12.0. The van der Waals surface area contributed by atoms with E-state index in [0.717, 1.165) is 74.7 Å². The minimum absolute atomic E-state index is 0.0134. The number of para-hydroxylation sites is 1. The Bertz CT molecular complexity index is 1760. The number of nitrogens with zero attached hydrogens (tertiary/aromatic N) is 7. The van der Waals surface area contributed by atoms with Crippen LogP contribution in [0.25, 0.3) is 22.4 Å². The molecule has 0 radical (unpaired) electrons. The van der Waals surface area contributed by atoms with Gasteiger partial charge in [-0.2, -0.15) is 5.10 Å².